The lowest BCUT2D eigenvalue weighted by Crippen LogP contribution is -2.40. The molecular formula is C26H27N3O6. The smallest absolute Gasteiger partial charge is 0.411 e. The van der Waals surface area contributed by atoms with E-state index in [9.17, 15) is 19.5 Å². The number of carboxylic acid groups (broad SMARTS) is 1. The Morgan fingerprint density at radius 3 is 2.20 bits per heavy atom. The molecule has 182 valence electrons. The Morgan fingerprint density at radius 2 is 1.60 bits per heavy atom. The first kappa shape index (κ1) is 24.0. The van der Waals surface area contributed by atoms with Crippen LogP contribution in [0.3, 0.4) is 0 Å². The molecule has 0 atom stereocenters. The van der Waals surface area contributed by atoms with Gasteiger partial charge < -0.3 is 24.1 Å². The maximum Gasteiger partial charge on any atom is 0.411 e. The second-order valence-electron chi connectivity index (χ2n) is 8.54. The minimum absolute atomic E-state index is 0.101. The molecule has 1 aromatic heterocycles. The largest absolute Gasteiger partial charge is 0.480 e. The van der Waals surface area contributed by atoms with Gasteiger partial charge in [0.15, 0.2) is 0 Å². The average Bonchev–Trinajstić information content (AvgIpc) is 3.42. The third kappa shape index (κ3) is 5.36. The van der Waals surface area contributed by atoms with Crippen LogP contribution in [-0.4, -0.2) is 73.2 Å². The van der Waals surface area contributed by atoms with Crippen LogP contribution in [0.1, 0.15) is 27.6 Å². The van der Waals surface area contributed by atoms with Crippen molar-refractivity contribution in [1.82, 2.24) is 9.80 Å². The van der Waals surface area contributed by atoms with Gasteiger partial charge in [0.25, 0.3) is 5.91 Å². The van der Waals surface area contributed by atoms with Crippen LogP contribution in [0.15, 0.2) is 65.3 Å². The number of amides is 2. The number of nitrogens with one attached hydrogen (secondary N) is 1. The second-order valence-corrected chi connectivity index (χ2v) is 8.54. The highest BCUT2D eigenvalue weighted by Gasteiger charge is 2.30. The summed E-state index contributed by atoms with van der Waals surface area (Å²) in [5.74, 6) is -2.03. The van der Waals surface area contributed by atoms with Crippen LogP contribution in [0.25, 0.3) is 11.1 Å². The summed E-state index contributed by atoms with van der Waals surface area (Å²) >= 11 is 0. The molecule has 0 unspecified atom stereocenters. The van der Waals surface area contributed by atoms with Crippen LogP contribution in [0.5, 0.6) is 0 Å². The molecule has 2 N–H and O–H groups in total. The van der Waals surface area contributed by atoms with Gasteiger partial charge in [-0.15, -0.1) is 0 Å². The van der Waals surface area contributed by atoms with E-state index in [1.807, 2.05) is 55.4 Å². The van der Waals surface area contributed by atoms with Crippen molar-refractivity contribution in [2.24, 2.45) is 0 Å². The number of likely N-dealkylation sites (N-methyl/N-ethyl adjacent to an activating group) is 1. The Labute approximate surface area is 202 Å². The van der Waals surface area contributed by atoms with Crippen molar-refractivity contribution in [2.45, 2.75) is 5.92 Å². The molecule has 2 aromatic carbocycles. The molecule has 0 aliphatic heterocycles. The Hall–Kier alpha value is -4.11. The summed E-state index contributed by atoms with van der Waals surface area (Å²) in [6.07, 6.45) is 0.525. The molecular weight excluding hydrogens is 450 g/mol. The standard InChI is InChI=1S/C26H27N3O6/c1-28(2)12-13-29(15-23(30)31)25(32)24-22(11-14-34-24)27-26(33)35-16-21-19-9-5-3-7-17(19)18-8-4-6-10-20(18)21/h3-11,14,21H,12-13,15-16H2,1-2H3,(H,27,33)(H,30,31). The highest BCUT2D eigenvalue weighted by atomic mass is 16.5. The summed E-state index contributed by atoms with van der Waals surface area (Å²) in [4.78, 5) is 39.8. The maximum absolute atomic E-state index is 13.0. The molecule has 1 aliphatic rings. The van der Waals surface area contributed by atoms with E-state index < -0.39 is 24.5 Å². The van der Waals surface area contributed by atoms with E-state index in [4.69, 9.17) is 9.15 Å². The molecule has 2 amide bonds. The Kier molecular flexibility index (Phi) is 7.17. The van der Waals surface area contributed by atoms with Crippen molar-refractivity contribution in [2.75, 3.05) is 45.7 Å². The van der Waals surface area contributed by atoms with E-state index >= 15 is 0 Å². The fraction of sp³-hybridized carbons (Fsp3) is 0.269. The number of hydrogen-bond donors (Lipinski definition) is 2. The molecule has 3 aromatic rings. The van der Waals surface area contributed by atoms with Gasteiger partial charge in [0, 0.05) is 25.1 Å². The molecule has 35 heavy (non-hydrogen) atoms. The van der Waals surface area contributed by atoms with E-state index in [2.05, 4.69) is 17.4 Å². The zero-order chi connectivity index (χ0) is 24.9. The number of hydrogen-bond acceptors (Lipinski definition) is 6. The number of benzene rings is 2. The van der Waals surface area contributed by atoms with Gasteiger partial charge in [-0.2, -0.15) is 0 Å². The zero-order valence-electron chi connectivity index (χ0n) is 19.6. The minimum atomic E-state index is -1.14. The summed E-state index contributed by atoms with van der Waals surface area (Å²) < 4.78 is 10.8. The average molecular weight is 478 g/mol. The van der Waals surface area contributed by atoms with E-state index in [0.29, 0.717) is 6.54 Å². The van der Waals surface area contributed by atoms with Crippen molar-refractivity contribution in [1.29, 1.82) is 0 Å². The summed E-state index contributed by atoms with van der Waals surface area (Å²) in [5, 5.41) is 11.8. The van der Waals surface area contributed by atoms with Crippen molar-refractivity contribution in [3.8, 4) is 11.1 Å². The molecule has 0 saturated carbocycles. The molecule has 9 nitrogen and oxygen atoms in total. The lowest BCUT2D eigenvalue weighted by molar-refractivity contribution is -0.137. The normalized spacial score (nSPS) is 12.2. The lowest BCUT2D eigenvalue weighted by Gasteiger charge is -2.22. The zero-order valence-corrected chi connectivity index (χ0v) is 19.6. The van der Waals surface area contributed by atoms with Crippen LogP contribution in [0, 0.1) is 0 Å². The van der Waals surface area contributed by atoms with Crippen LogP contribution in [0.2, 0.25) is 0 Å². The van der Waals surface area contributed by atoms with Gasteiger partial charge in [-0.1, -0.05) is 48.5 Å². The second kappa shape index (κ2) is 10.4. The first-order valence-corrected chi connectivity index (χ1v) is 11.2. The number of rotatable bonds is 9. The summed E-state index contributed by atoms with van der Waals surface area (Å²) in [6, 6.07) is 17.5. The van der Waals surface area contributed by atoms with Gasteiger partial charge in [0.05, 0.1) is 12.0 Å². The predicted octanol–water partition coefficient (Wildman–Crippen LogP) is 3.73. The number of carbonyl (C=O) groups excluding carboxylic acids is 2. The van der Waals surface area contributed by atoms with E-state index in [0.717, 1.165) is 27.2 Å². The first-order valence-electron chi connectivity index (χ1n) is 11.2. The summed E-state index contributed by atoms with van der Waals surface area (Å²) in [6.45, 7) is 0.283. The van der Waals surface area contributed by atoms with Gasteiger partial charge in [-0.3, -0.25) is 14.9 Å². The highest BCUT2D eigenvalue weighted by Crippen LogP contribution is 2.44. The number of fused-ring (bicyclic) bond motifs is 3. The highest BCUT2D eigenvalue weighted by molar-refractivity contribution is 6.01. The first-order chi connectivity index (χ1) is 16.8. The molecule has 0 spiro atoms. The van der Waals surface area contributed by atoms with Gasteiger partial charge in [-0.05, 0) is 36.3 Å². The summed E-state index contributed by atoms with van der Waals surface area (Å²) in [7, 11) is 3.64. The number of aliphatic carboxylic acids is 1. The molecule has 1 aliphatic carbocycles. The molecule has 0 bridgehead atoms. The number of nitrogens with zero attached hydrogens (tertiary/aromatic N) is 2. The molecule has 4 rings (SSSR count). The van der Waals surface area contributed by atoms with Crippen LogP contribution in [-0.2, 0) is 9.53 Å². The Morgan fingerprint density at radius 1 is 0.971 bits per heavy atom. The molecule has 1 heterocycles. The van der Waals surface area contributed by atoms with Crippen molar-refractivity contribution in [3.63, 3.8) is 0 Å². The van der Waals surface area contributed by atoms with E-state index in [1.165, 1.54) is 12.3 Å². The van der Waals surface area contributed by atoms with Crippen molar-refractivity contribution >= 4 is 23.7 Å². The van der Waals surface area contributed by atoms with Crippen LogP contribution in [0.4, 0.5) is 10.5 Å². The number of ether oxygens (including phenoxy) is 1. The fourth-order valence-electron chi connectivity index (χ4n) is 4.20. The third-order valence-corrected chi connectivity index (χ3v) is 5.87. The topological polar surface area (TPSA) is 112 Å². The van der Waals surface area contributed by atoms with Gasteiger partial charge in [-0.25, -0.2) is 4.79 Å². The number of carbonyl (C=O) groups is 3. The van der Waals surface area contributed by atoms with Crippen molar-refractivity contribution in [3.05, 3.63) is 77.7 Å². The minimum Gasteiger partial charge on any atom is -0.480 e. The van der Waals surface area contributed by atoms with Gasteiger partial charge in [0.1, 0.15) is 13.2 Å². The molecule has 9 heteroatoms. The Bertz CT molecular complexity index is 1190. The molecule has 0 radical (unpaired) electrons. The van der Waals surface area contributed by atoms with Gasteiger partial charge >= 0.3 is 12.1 Å². The lowest BCUT2D eigenvalue weighted by atomic mass is 9.98. The van der Waals surface area contributed by atoms with E-state index in [1.54, 1.807) is 0 Å². The van der Waals surface area contributed by atoms with Crippen LogP contribution >= 0.6 is 0 Å². The number of carboxylic acids is 1. The monoisotopic (exact) mass is 477 g/mol. The third-order valence-electron chi connectivity index (χ3n) is 5.87. The van der Waals surface area contributed by atoms with Crippen molar-refractivity contribution < 1.29 is 28.6 Å². The molecule has 0 saturated heterocycles. The Balaban J connectivity index is 1.43. The van der Waals surface area contributed by atoms with Gasteiger partial charge in [0.2, 0.25) is 5.76 Å². The summed E-state index contributed by atoms with van der Waals surface area (Å²) in [5.41, 5.74) is 4.54. The number of furan rings is 1. The quantitative estimate of drug-likeness (QED) is 0.483. The molecule has 0 fully saturated rings. The van der Waals surface area contributed by atoms with Crippen LogP contribution < -0.4 is 5.32 Å². The number of anilines is 1. The SMILES string of the molecule is CN(C)CCN(CC(=O)O)C(=O)c1occc1NC(=O)OCC1c2ccccc2-c2ccccc21. The predicted molar refractivity (Wildman–Crippen MR) is 129 cm³/mol. The van der Waals surface area contributed by atoms with E-state index in [-0.39, 0.29) is 30.5 Å². The maximum atomic E-state index is 13.0. The fourth-order valence-corrected chi connectivity index (χ4v) is 4.20.